The third-order valence-corrected chi connectivity index (χ3v) is 7.55. The fraction of sp³-hybridized carbons (Fsp3) is 0.375. The number of hydrogen-bond donors (Lipinski definition) is 2. The van der Waals surface area contributed by atoms with Crippen LogP contribution in [-0.4, -0.2) is 41.3 Å². The molecule has 0 bridgehead atoms. The van der Waals surface area contributed by atoms with Gasteiger partial charge in [0.2, 0.25) is 5.91 Å². The van der Waals surface area contributed by atoms with Crippen molar-refractivity contribution in [3.8, 4) is 0 Å². The van der Waals surface area contributed by atoms with Gasteiger partial charge in [-0.2, -0.15) is 0 Å². The predicted octanol–water partition coefficient (Wildman–Crippen LogP) is 4.59. The van der Waals surface area contributed by atoms with Crippen molar-refractivity contribution in [3.63, 3.8) is 0 Å². The summed E-state index contributed by atoms with van der Waals surface area (Å²) in [6.45, 7) is 5.03. The maximum absolute atomic E-state index is 12.6. The second kappa shape index (κ2) is 10.8. The Balaban J connectivity index is 1.30. The van der Waals surface area contributed by atoms with Crippen LogP contribution in [0.4, 0.5) is 5.13 Å². The molecule has 1 unspecified atom stereocenters. The lowest BCUT2D eigenvalue weighted by atomic mass is 9.97. The highest BCUT2D eigenvalue weighted by Crippen LogP contribution is 2.29. The lowest BCUT2D eigenvalue weighted by Crippen LogP contribution is -2.42. The van der Waals surface area contributed by atoms with Gasteiger partial charge in [0, 0.05) is 22.4 Å². The van der Waals surface area contributed by atoms with Gasteiger partial charge in [-0.15, -0.1) is 22.7 Å². The summed E-state index contributed by atoms with van der Waals surface area (Å²) >= 11 is 3.07. The van der Waals surface area contributed by atoms with E-state index in [1.165, 1.54) is 29.1 Å². The van der Waals surface area contributed by atoms with E-state index in [1.807, 2.05) is 23.6 Å². The lowest BCUT2D eigenvalue weighted by molar-refractivity contribution is -0.120. The number of carbonyl (C=O) groups excluding carboxylic acids is 2. The van der Waals surface area contributed by atoms with E-state index in [2.05, 4.69) is 45.0 Å². The van der Waals surface area contributed by atoms with Crippen LogP contribution in [0.1, 0.15) is 46.7 Å². The Kier molecular flexibility index (Phi) is 7.68. The molecule has 3 heterocycles. The smallest absolute Gasteiger partial charge is 0.257 e. The van der Waals surface area contributed by atoms with E-state index in [1.54, 1.807) is 23.5 Å². The van der Waals surface area contributed by atoms with Crippen molar-refractivity contribution in [1.29, 1.82) is 0 Å². The van der Waals surface area contributed by atoms with E-state index in [0.717, 1.165) is 19.0 Å². The summed E-state index contributed by atoms with van der Waals surface area (Å²) in [5.74, 6) is 0.514. The molecule has 2 aromatic heterocycles. The number of amides is 2. The molecule has 1 fully saturated rings. The topological polar surface area (TPSA) is 74.3 Å². The average molecular weight is 469 g/mol. The van der Waals surface area contributed by atoms with Crippen molar-refractivity contribution in [1.82, 2.24) is 15.2 Å². The number of thiophene rings is 1. The Morgan fingerprint density at radius 1 is 1.12 bits per heavy atom. The van der Waals surface area contributed by atoms with Gasteiger partial charge >= 0.3 is 0 Å². The Morgan fingerprint density at radius 3 is 2.62 bits per heavy atom. The zero-order chi connectivity index (χ0) is 22.3. The summed E-state index contributed by atoms with van der Waals surface area (Å²) in [7, 11) is 0. The Labute approximate surface area is 196 Å². The van der Waals surface area contributed by atoms with E-state index >= 15 is 0 Å². The second-order valence-electron chi connectivity index (χ2n) is 8.19. The first-order valence-corrected chi connectivity index (χ1v) is 12.7. The molecule has 1 aliphatic heterocycles. The van der Waals surface area contributed by atoms with Gasteiger partial charge in [-0.05, 0) is 55.4 Å². The van der Waals surface area contributed by atoms with Gasteiger partial charge in [0.15, 0.2) is 5.13 Å². The van der Waals surface area contributed by atoms with Crippen molar-refractivity contribution in [2.24, 2.45) is 5.92 Å². The van der Waals surface area contributed by atoms with Gasteiger partial charge in [0.1, 0.15) is 0 Å². The molecule has 4 rings (SSSR count). The van der Waals surface area contributed by atoms with Crippen molar-refractivity contribution >= 4 is 39.6 Å². The monoisotopic (exact) mass is 468 g/mol. The summed E-state index contributed by atoms with van der Waals surface area (Å²) in [6.07, 6.45) is 2.60. The van der Waals surface area contributed by atoms with Gasteiger partial charge in [-0.1, -0.05) is 31.2 Å². The summed E-state index contributed by atoms with van der Waals surface area (Å²) in [5.41, 5.74) is 1.24. The van der Waals surface area contributed by atoms with Crippen LogP contribution >= 0.6 is 22.7 Å². The summed E-state index contributed by atoms with van der Waals surface area (Å²) in [4.78, 5) is 33.1. The zero-order valence-corrected chi connectivity index (χ0v) is 19.8. The minimum atomic E-state index is -0.203. The van der Waals surface area contributed by atoms with Crippen LogP contribution in [0.3, 0.4) is 0 Å². The van der Waals surface area contributed by atoms with Crippen LogP contribution in [0.5, 0.6) is 0 Å². The molecule has 3 aromatic rings. The molecule has 0 spiro atoms. The first-order chi connectivity index (χ1) is 15.6. The van der Waals surface area contributed by atoms with Crippen LogP contribution in [-0.2, 0) is 11.2 Å². The van der Waals surface area contributed by atoms with E-state index in [-0.39, 0.29) is 24.3 Å². The largest absolute Gasteiger partial charge is 0.354 e. The van der Waals surface area contributed by atoms with Gasteiger partial charge in [0.25, 0.3) is 5.91 Å². The van der Waals surface area contributed by atoms with E-state index < -0.39 is 0 Å². The fourth-order valence-corrected chi connectivity index (χ4v) is 5.44. The molecule has 0 saturated carbocycles. The molecule has 8 heteroatoms. The molecule has 32 heavy (non-hydrogen) atoms. The van der Waals surface area contributed by atoms with E-state index in [9.17, 15) is 9.59 Å². The van der Waals surface area contributed by atoms with Crippen molar-refractivity contribution < 1.29 is 9.59 Å². The fourth-order valence-electron chi connectivity index (χ4n) is 3.87. The minimum Gasteiger partial charge on any atom is -0.354 e. The number of benzene rings is 1. The van der Waals surface area contributed by atoms with Crippen molar-refractivity contribution in [2.75, 3.05) is 25.0 Å². The number of anilines is 1. The lowest BCUT2D eigenvalue weighted by Gasteiger charge is -2.36. The van der Waals surface area contributed by atoms with Crippen LogP contribution < -0.4 is 10.6 Å². The van der Waals surface area contributed by atoms with Crippen LogP contribution in [0.2, 0.25) is 0 Å². The number of likely N-dealkylation sites (tertiary alicyclic amines) is 1. The predicted molar refractivity (Wildman–Crippen MR) is 130 cm³/mol. The highest BCUT2D eigenvalue weighted by molar-refractivity contribution is 7.14. The SMILES string of the molecule is CC1CCN(C(CNC(=O)Cc2csc(NC(=O)c3ccccc3)n2)c2cccs2)CC1. The van der Waals surface area contributed by atoms with Crippen LogP contribution in [0, 0.1) is 5.92 Å². The summed E-state index contributed by atoms with van der Waals surface area (Å²) < 4.78 is 0. The van der Waals surface area contributed by atoms with Gasteiger partial charge in [-0.3, -0.25) is 19.8 Å². The number of rotatable bonds is 8. The summed E-state index contributed by atoms with van der Waals surface area (Å²) in [6, 6.07) is 13.5. The Hall–Kier alpha value is -2.55. The van der Waals surface area contributed by atoms with Gasteiger partial charge < -0.3 is 5.32 Å². The molecule has 6 nitrogen and oxygen atoms in total. The average Bonchev–Trinajstić information content (AvgIpc) is 3.48. The van der Waals surface area contributed by atoms with E-state index in [0.29, 0.717) is 22.9 Å². The highest BCUT2D eigenvalue weighted by Gasteiger charge is 2.25. The third kappa shape index (κ3) is 6.03. The number of thiazole rings is 1. The van der Waals surface area contributed by atoms with Crippen molar-refractivity contribution in [3.05, 3.63) is 69.4 Å². The number of nitrogens with one attached hydrogen (secondary N) is 2. The number of hydrogen-bond acceptors (Lipinski definition) is 6. The molecule has 0 aliphatic carbocycles. The second-order valence-corrected chi connectivity index (χ2v) is 10.0. The molecule has 2 amide bonds. The first kappa shape index (κ1) is 22.6. The number of aromatic nitrogens is 1. The third-order valence-electron chi connectivity index (χ3n) is 5.77. The quantitative estimate of drug-likeness (QED) is 0.507. The maximum Gasteiger partial charge on any atom is 0.257 e. The number of nitrogens with zero attached hydrogens (tertiary/aromatic N) is 2. The molecular weight excluding hydrogens is 440 g/mol. The molecule has 1 saturated heterocycles. The molecule has 1 aromatic carbocycles. The van der Waals surface area contributed by atoms with E-state index in [4.69, 9.17) is 0 Å². The van der Waals surface area contributed by atoms with Crippen LogP contribution in [0.25, 0.3) is 0 Å². The molecule has 1 aliphatic rings. The molecule has 0 radical (unpaired) electrons. The minimum absolute atomic E-state index is 0.0526. The molecule has 168 valence electrons. The Morgan fingerprint density at radius 2 is 1.91 bits per heavy atom. The molecule has 1 atom stereocenters. The van der Waals surface area contributed by atoms with Crippen LogP contribution in [0.15, 0.2) is 53.2 Å². The maximum atomic E-state index is 12.6. The van der Waals surface area contributed by atoms with Gasteiger partial charge in [0.05, 0.1) is 18.2 Å². The standard InChI is InChI=1S/C24H28N4O2S2/c1-17-9-11-28(12-10-17)20(21-8-5-13-31-21)15-25-22(29)14-19-16-32-24(26-19)27-23(30)18-6-3-2-4-7-18/h2-8,13,16-17,20H,9-12,14-15H2,1H3,(H,25,29)(H,26,27,30). The molecule has 2 N–H and O–H groups in total. The first-order valence-electron chi connectivity index (χ1n) is 10.9. The van der Waals surface area contributed by atoms with Crippen molar-refractivity contribution in [2.45, 2.75) is 32.2 Å². The zero-order valence-electron chi connectivity index (χ0n) is 18.1. The number of piperidine rings is 1. The number of carbonyl (C=O) groups is 2. The highest BCUT2D eigenvalue weighted by atomic mass is 32.1. The molecular formula is C24H28N4O2S2. The Bertz CT molecular complexity index is 1010. The summed E-state index contributed by atoms with van der Waals surface area (Å²) in [5, 5.41) is 10.3. The van der Waals surface area contributed by atoms with Gasteiger partial charge in [-0.25, -0.2) is 4.98 Å². The normalized spacial score (nSPS) is 15.9.